The molecule has 0 N–H and O–H groups in total. The number of hydrogen-bond donors (Lipinski definition) is 0. The van der Waals surface area contributed by atoms with Crippen LogP contribution in [0.5, 0.6) is 0 Å². The number of fused-ring (bicyclic) bond motifs is 6. The zero-order chi connectivity index (χ0) is 46.4. The Morgan fingerprint density at radius 1 is 0.243 bits per heavy atom. The van der Waals surface area contributed by atoms with E-state index < -0.39 is 0 Å². The Balaban J connectivity index is 1.03. The van der Waals surface area contributed by atoms with Crippen molar-refractivity contribution in [2.45, 2.75) is 0 Å². The van der Waals surface area contributed by atoms with Crippen molar-refractivity contribution in [1.29, 1.82) is 0 Å². The molecule has 1 heterocycles. The highest BCUT2D eigenvalue weighted by atomic mass is 32.1. The lowest BCUT2D eigenvalue weighted by Crippen LogP contribution is -2.13. The lowest BCUT2D eigenvalue weighted by atomic mass is 9.84. The summed E-state index contributed by atoms with van der Waals surface area (Å²) in [5.41, 5.74) is 17.6. The summed E-state index contributed by atoms with van der Waals surface area (Å²) in [4.78, 5) is 2.48. The zero-order valence-electron chi connectivity index (χ0n) is 38.3. The minimum Gasteiger partial charge on any atom is -0.309 e. The van der Waals surface area contributed by atoms with E-state index in [1.54, 1.807) is 0 Å². The van der Waals surface area contributed by atoms with Crippen molar-refractivity contribution in [1.82, 2.24) is 0 Å². The van der Waals surface area contributed by atoms with E-state index in [-0.39, 0.29) is 0 Å². The molecule has 1 nitrogen and oxygen atoms in total. The highest BCUT2D eigenvalue weighted by Crippen LogP contribution is 2.50. The molecule has 1 aromatic heterocycles. The lowest BCUT2D eigenvalue weighted by molar-refractivity contribution is 1.28. The van der Waals surface area contributed by atoms with Gasteiger partial charge in [-0.3, -0.25) is 0 Å². The van der Waals surface area contributed by atoms with E-state index in [1.165, 1.54) is 75.1 Å². The van der Waals surface area contributed by atoms with Gasteiger partial charge in [0.1, 0.15) is 0 Å². The summed E-state index contributed by atoms with van der Waals surface area (Å²) in [7, 11) is 0. The molecule has 328 valence electrons. The van der Waals surface area contributed by atoms with Crippen molar-refractivity contribution in [2.24, 2.45) is 0 Å². The maximum absolute atomic E-state index is 2.48. The van der Waals surface area contributed by atoms with Crippen molar-refractivity contribution >= 4 is 70.1 Å². The molecule has 0 atom stereocenters. The van der Waals surface area contributed by atoms with E-state index in [4.69, 9.17) is 0 Å². The van der Waals surface area contributed by atoms with Gasteiger partial charge >= 0.3 is 0 Å². The molecule has 0 spiro atoms. The highest BCUT2D eigenvalue weighted by molar-refractivity contribution is 7.26. The van der Waals surface area contributed by atoms with Gasteiger partial charge in [-0.25, -0.2) is 0 Å². The van der Waals surface area contributed by atoms with Gasteiger partial charge in [-0.1, -0.05) is 237 Å². The molecular weight excluding hydrogens is 863 g/mol. The molecule has 12 aromatic carbocycles. The highest BCUT2D eigenvalue weighted by Gasteiger charge is 2.24. The van der Waals surface area contributed by atoms with Crippen molar-refractivity contribution in [2.75, 3.05) is 4.90 Å². The Kier molecular flexibility index (Phi) is 10.5. The summed E-state index contributed by atoms with van der Waals surface area (Å²) < 4.78 is 2.63. The van der Waals surface area contributed by atoms with E-state index in [0.717, 1.165) is 50.4 Å². The molecule has 0 aliphatic heterocycles. The standard InChI is InChI=1S/C68H45NS/c1-5-20-46(21-6-1)55-33-18-34-56(47-22-7-2-8-23-47)67(55)69(53-41-38-48(39-42-53)57-35-19-36-62-60-31-15-16-37-64(60)70-68(57)62)54-29-17-28-51(44-54)52-40-43-59-58-30-13-14-32-61(58)65(49-24-9-3-10-25-49)66(63(59)45-52)50-26-11-4-12-27-50/h1-45H. The van der Waals surface area contributed by atoms with Crippen molar-refractivity contribution in [3.63, 3.8) is 0 Å². The van der Waals surface area contributed by atoms with Crippen LogP contribution in [0.1, 0.15) is 0 Å². The largest absolute Gasteiger partial charge is 0.309 e. The number of thiophene rings is 1. The topological polar surface area (TPSA) is 3.24 Å². The van der Waals surface area contributed by atoms with Gasteiger partial charge in [-0.05, 0) is 114 Å². The van der Waals surface area contributed by atoms with Crippen LogP contribution in [-0.2, 0) is 0 Å². The Morgan fingerprint density at radius 3 is 1.34 bits per heavy atom. The molecule has 13 aromatic rings. The molecular formula is C68H45NS. The molecule has 0 aliphatic rings. The Labute approximate surface area is 412 Å². The van der Waals surface area contributed by atoms with Crippen LogP contribution in [0.4, 0.5) is 17.1 Å². The third kappa shape index (κ3) is 7.25. The lowest BCUT2D eigenvalue weighted by Gasteiger charge is -2.31. The number of hydrogen-bond acceptors (Lipinski definition) is 2. The molecule has 0 saturated heterocycles. The van der Waals surface area contributed by atoms with Crippen LogP contribution in [0.25, 0.3) is 108 Å². The molecule has 0 fully saturated rings. The van der Waals surface area contributed by atoms with E-state index in [1.807, 2.05) is 11.3 Å². The first-order chi connectivity index (χ1) is 34.7. The number of para-hydroxylation sites is 1. The van der Waals surface area contributed by atoms with Crippen LogP contribution in [0, 0.1) is 0 Å². The van der Waals surface area contributed by atoms with Crippen LogP contribution in [-0.4, -0.2) is 0 Å². The Morgan fingerprint density at radius 2 is 0.686 bits per heavy atom. The second kappa shape index (κ2) is 17.7. The molecule has 70 heavy (non-hydrogen) atoms. The van der Waals surface area contributed by atoms with Gasteiger partial charge in [0.15, 0.2) is 0 Å². The molecule has 0 aliphatic carbocycles. The summed E-state index contributed by atoms with van der Waals surface area (Å²) >= 11 is 1.88. The Bertz CT molecular complexity index is 3970. The van der Waals surface area contributed by atoms with Gasteiger partial charge in [-0.2, -0.15) is 0 Å². The fourth-order valence-corrected chi connectivity index (χ4v) is 11.9. The average molecular weight is 908 g/mol. The van der Waals surface area contributed by atoms with Gasteiger partial charge in [0.2, 0.25) is 0 Å². The second-order valence-electron chi connectivity index (χ2n) is 17.9. The first-order valence-electron chi connectivity index (χ1n) is 24.0. The fraction of sp³-hybridized carbons (Fsp3) is 0. The van der Waals surface area contributed by atoms with Gasteiger partial charge < -0.3 is 4.90 Å². The molecule has 0 amide bonds. The van der Waals surface area contributed by atoms with Crippen LogP contribution >= 0.6 is 11.3 Å². The number of nitrogens with zero attached hydrogens (tertiary/aromatic N) is 1. The van der Waals surface area contributed by atoms with E-state index in [0.29, 0.717) is 0 Å². The minimum absolute atomic E-state index is 1.07. The summed E-state index contributed by atoms with van der Waals surface area (Å²) in [5, 5.41) is 7.59. The first-order valence-corrected chi connectivity index (χ1v) is 24.8. The van der Waals surface area contributed by atoms with Crippen LogP contribution in [0.3, 0.4) is 0 Å². The van der Waals surface area contributed by atoms with Crippen LogP contribution in [0.2, 0.25) is 0 Å². The maximum Gasteiger partial charge on any atom is 0.0618 e. The van der Waals surface area contributed by atoms with Crippen molar-refractivity contribution < 1.29 is 0 Å². The smallest absolute Gasteiger partial charge is 0.0618 e. The van der Waals surface area contributed by atoms with E-state index in [9.17, 15) is 0 Å². The third-order valence-electron chi connectivity index (χ3n) is 13.9. The van der Waals surface area contributed by atoms with Gasteiger partial charge in [0.25, 0.3) is 0 Å². The van der Waals surface area contributed by atoms with Crippen LogP contribution in [0.15, 0.2) is 273 Å². The summed E-state index contributed by atoms with van der Waals surface area (Å²) in [6.45, 7) is 0. The number of rotatable bonds is 9. The molecule has 2 heteroatoms. The second-order valence-corrected chi connectivity index (χ2v) is 19.0. The van der Waals surface area contributed by atoms with Crippen molar-refractivity contribution in [3.05, 3.63) is 273 Å². The summed E-state index contributed by atoms with van der Waals surface area (Å²) in [5.74, 6) is 0. The molecule has 0 bridgehead atoms. The van der Waals surface area contributed by atoms with Crippen molar-refractivity contribution in [3.8, 4) is 66.8 Å². The molecule has 0 radical (unpaired) electrons. The predicted molar refractivity (Wildman–Crippen MR) is 302 cm³/mol. The monoisotopic (exact) mass is 907 g/mol. The first kappa shape index (κ1) is 41.4. The average Bonchev–Trinajstić information content (AvgIpc) is 3.83. The SMILES string of the molecule is c1ccc(-c2cccc(-c3ccccc3)c2N(c2ccc(-c3cccc4c3sc3ccccc34)cc2)c2cccc(-c3ccc4c(c3)c(-c3ccccc3)c(-c3ccccc3)c3ccccc34)c2)cc1. The molecule has 0 unspecified atom stereocenters. The minimum atomic E-state index is 1.07. The van der Waals surface area contributed by atoms with E-state index >= 15 is 0 Å². The molecule has 13 rings (SSSR count). The van der Waals surface area contributed by atoms with Gasteiger partial charge in [0, 0.05) is 42.7 Å². The van der Waals surface area contributed by atoms with Crippen LogP contribution < -0.4 is 4.90 Å². The Hall–Kier alpha value is -8.82. The predicted octanol–water partition coefficient (Wildman–Crippen LogP) is 19.8. The van der Waals surface area contributed by atoms with E-state index in [2.05, 4.69) is 278 Å². The zero-order valence-corrected chi connectivity index (χ0v) is 39.2. The maximum atomic E-state index is 2.48. The van der Waals surface area contributed by atoms with Gasteiger partial charge in [-0.15, -0.1) is 11.3 Å². The summed E-state index contributed by atoms with van der Waals surface area (Å²) in [6, 6.07) is 100. The number of anilines is 3. The summed E-state index contributed by atoms with van der Waals surface area (Å²) in [6.07, 6.45) is 0. The number of benzene rings is 12. The third-order valence-corrected chi connectivity index (χ3v) is 15.1. The fourth-order valence-electron chi connectivity index (χ4n) is 10.7. The molecule has 0 saturated carbocycles. The van der Waals surface area contributed by atoms with Gasteiger partial charge in [0.05, 0.1) is 5.69 Å². The quantitative estimate of drug-likeness (QED) is 0.130. The normalized spacial score (nSPS) is 11.4.